The van der Waals surface area contributed by atoms with E-state index in [1.165, 1.54) is 0 Å². The molecule has 1 fully saturated rings. The van der Waals surface area contributed by atoms with Crippen molar-refractivity contribution in [3.05, 3.63) is 0 Å². The summed E-state index contributed by atoms with van der Waals surface area (Å²) in [5.74, 6) is -3.19. The lowest BCUT2D eigenvalue weighted by Crippen LogP contribution is -2.49. The third kappa shape index (κ3) is 1.87. The van der Waals surface area contributed by atoms with E-state index in [9.17, 15) is 8.78 Å². The fourth-order valence-corrected chi connectivity index (χ4v) is 1.45. The predicted molar refractivity (Wildman–Crippen MR) is 39.6 cm³/mol. The molecule has 0 aromatic heterocycles. The van der Waals surface area contributed by atoms with Crippen LogP contribution in [-0.2, 0) is 0 Å². The first-order valence-corrected chi connectivity index (χ1v) is 3.82. The minimum Gasteiger partial charge on any atom is -0.330 e. The third-order valence-electron chi connectivity index (χ3n) is 2.22. The van der Waals surface area contributed by atoms with Gasteiger partial charge in [0, 0.05) is 12.5 Å². The van der Waals surface area contributed by atoms with Gasteiger partial charge >= 0.3 is 0 Å². The van der Waals surface area contributed by atoms with Gasteiger partial charge in [-0.3, -0.25) is 0 Å². The van der Waals surface area contributed by atoms with Crippen LogP contribution in [0.2, 0.25) is 0 Å². The lowest BCUT2D eigenvalue weighted by atomic mass is 9.93. The summed E-state index contributed by atoms with van der Waals surface area (Å²) in [5.41, 5.74) is 5.23. The van der Waals surface area contributed by atoms with Crippen molar-refractivity contribution >= 4 is 0 Å². The molecule has 1 heterocycles. The van der Waals surface area contributed by atoms with Crippen LogP contribution in [-0.4, -0.2) is 37.5 Å². The monoisotopic (exact) mass is 164 g/mol. The lowest BCUT2D eigenvalue weighted by molar-refractivity contribution is -0.101. The molecule has 11 heavy (non-hydrogen) atoms. The molecule has 4 heteroatoms. The van der Waals surface area contributed by atoms with E-state index >= 15 is 0 Å². The van der Waals surface area contributed by atoms with Crippen LogP contribution >= 0.6 is 0 Å². The summed E-state index contributed by atoms with van der Waals surface area (Å²) in [4.78, 5) is 1.64. The van der Waals surface area contributed by atoms with E-state index in [1.807, 2.05) is 0 Å². The number of rotatable bonds is 1. The number of piperidine rings is 1. The molecule has 1 saturated heterocycles. The number of nitrogens with zero attached hydrogens (tertiary/aromatic N) is 1. The van der Waals surface area contributed by atoms with Crippen molar-refractivity contribution in [1.82, 2.24) is 4.90 Å². The third-order valence-corrected chi connectivity index (χ3v) is 2.22. The molecule has 1 aliphatic rings. The van der Waals surface area contributed by atoms with E-state index in [-0.39, 0.29) is 13.1 Å². The number of nitrogens with two attached hydrogens (primary N) is 1. The fourth-order valence-electron chi connectivity index (χ4n) is 1.45. The van der Waals surface area contributed by atoms with Gasteiger partial charge in [0.1, 0.15) is 0 Å². The van der Waals surface area contributed by atoms with Crippen LogP contribution in [0.1, 0.15) is 6.42 Å². The Kier molecular flexibility index (Phi) is 2.44. The second-order valence-corrected chi connectivity index (χ2v) is 3.22. The van der Waals surface area contributed by atoms with Gasteiger partial charge in [-0.1, -0.05) is 0 Å². The van der Waals surface area contributed by atoms with E-state index < -0.39 is 11.8 Å². The molecule has 1 unspecified atom stereocenters. The summed E-state index contributed by atoms with van der Waals surface area (Å²) < 4.78 is 26.0. The summed E-state index contributed by atoms with van der Waals surface area (Å²) in [6.07, 6.45) is 0.514. The highest BCUT2D eigenvalue weighted by Gasteiger charge is 2.42. The maximum atomic E-state index is 13.0. The first-order valence-electron chi connectivity index (χ1n) is 3.82. The van der Waals surface area contributed by atoms with Gasteiger partial charge in [0.15, 0.2) is 0 Å². The van der Waals surface area contributed by atoms with Crippen molar-refractivity contribution in [2.45, 2.75) is 12.3 Å². The number of halogens is 2. The minimum absolute atomic E-state index is 0.0981. The van der Waals surface area contributed by atoms with E-state index in [1.54, 1.807) is 11.9 Å². The van der Waals surface area contributed by atoms with Crippen molar-refractivity contribution in [2.75, 3.05) is 26.7 Å². The maximum absolute atomic E-state index is 13.0. The zero-order chi connectivity index (χ0) is 8.48. The summed E-state index contributed by atoms with van der Waals surface area (Å²) in [6, 6.07) is 0. The SMILES string of the molecule is CN1CCC(CN)C(F)(F)C1. The van der Waals surface area contributed by atoms with E-state index in [0.29, 0.717) is 6.42 Å². The maximum Gasteiger partial charge on any atom is 0.264 e. The molecule has 0 aromatic carbocycles. The van der Waals surface area contributed by atoms with Crippen LogP contribution in [0, 0.1) is 5.92 Å². The molecule has 0 aromatic rings. The average Bonchev–Trinajstić information content (AvgIpc) is 1.85. The average molecular weight is 164 g/mol. The molecule has 1 atom stereocenters. The molecule has 0 radical (unpaired) electrons. The Hall–Kier alpha value is -0.220. The number of alkyl halides is 2. The van der Waals surface area contributed by atoms with Crippen LogP contribution in [0.4, 0.5) is 8.78 Å². The van der Waals surface area contributed by atoms with E-state index in [2.05, 4.69) is 0 Å². The molecule has 2 N–H and O–H groups in total. The Morgan fingerprint density at radius 2 is 2.27 bits per heavy atom. The van der Waals surface area contributed by atoms with Gasteiger partial charge < -0.3 is 10.6 Å². The molecule has 0 bridgehead atoms. The molecule has 0 amide bonds. The predicted octanol–water partition coefficient (Wildman–Crippen LogP) is 0.532. The van der Waals surface area contributed by atoms with Gasteiger partial charge in [-0.05, 0) is 20.0 Å². The quantitative estimate of drug-likeness (QED) is 0.612. The minimum atomic E-state index is -2.58. The van der Waals surface area contributed by atoms with Crippen molar-refractivity contribution in [2.24, 2.45) is 11.7 Å². The molecule has 0 saturated carbocycles. The molecular weight excluding hydrogens is 150 g/mol. The lowest BCUT2D eigenvalue weighted by Gasteiger charge is -2.35. The molecule has 0 spiro atoms. The highest BCUT2D eigenvalue weighted by atomic mass is 19.3. The van der Waals surface area contributed by atoms with E-state index in [0.717, 1.165) is 6.54 Å². The Morgan fingerprint density at radius 1 is 1.64 bits per heavy atom. The van der Waals surface area contributed by atoms with Crippen molar-refractivity contribution in [1.29, 1.82) is 0 Å². The number of hydrogen-bond donors (Lipinski definition) is 1. The van der Waals surface area contributed by atoms with Crippen LogP contribution in [0.25, 0.3) is 0 Å². The normalized spacial score (nSPS) is 32.2. The van der Waals surface area contributed by atoms with Crippen molar-refractivity contribution in [3.8, 4) is 0 Å². The first kappa shape index (κ1) is 8.87. The first-order chi connectivity index (χ1) is 5.06. The zero-order valence-electron chi connectivity index (χ0n) is 6.69. The van der Waals surface area contributed by atoms with Gasteiger partial charge in [-0.2, -0.15) is 0 Å². The van der Waals surface area contributed by atoms with Gasteiger partial charge in [0.05, 0.1) is 6.54 Å². The van der Waals surface area contributed by atoms with E-state index in [4.69, 9.17) is 5.73 Å². The molecule has 1 rings (SSSR count). The highest BCUT2D eigenvalue weighted by molar-refractivity contribution is 4.85. The zero-order valence-corrected chi connectivity index (χ0v) is 6.69. The molecule has 0 aliphatic carbocycles. The van der Waals surface area contributed by atoms with Crippen LogP contribution < -0.4 is 5.73 Å². The summed E-state index contributed by atoms with van der Waals surface area (Å²) >= 11 is 0. The van der Waals surface area contributed by atoms with Crippen molar-refractivity contribution in [3.63, 3.8) is 0 Å². The second kappa shape index (κ2) is 3.03. The summed E-state index contributed by atoms with van der Waals surface area (Å²) in [7, 11) is 1.71. The highest BCUT2D eigenvalue weighted by Crippen LogP contribution is 2.31. The van der Waals surface area contributed by atoms with Crippen LogP contribution in [0.15, 0.2) is 0 Å². The Balaban J connectivity index is 2.56. The topological polar surface area (TPSA) is 29.3 Å². The standard InChI is InChI=1S/C7H14F2N2/c1-11-3-2-6(4-10)7(8,9)5-11/h6H,2-5,10H2,1H3. The van der Waals surface area contributed by atoms with Gasteiger partial charge in [-0.15, -0.1) is 0 Å². The van der Waals surface area contributed by atoms with Crippen LogP contribution in [0.5, 0.6) is 0 Å². The van der Waals surface area contributed by atoms with Gasteiger partial charge in [0.2, 0.25) is 0 Å². The molecule has 2 nitrogen and oxygen atoms in total. The largest absolute Gasteiger partial charge is 0.330 e. The van der Waals surface area contributed by atoms with Gasteiger partial charge in [0.25, 0.3) is 5.92 Å². The Labute approximate surface area is 65.4 Å². The second-order valence-electron chi connectivity index (χ2n) is 3.22. The van der Waals surface area contributed by atoms with Gasteiger partial charge in [-0.25, -0.2) is 8.78 Å². The molecule has 66 valence electrons. The Morgan fingerprint density at radius 3 is 2.73 bits per heavy atom. The number of hydrogen-bond acceptors (Lipinski definition) is 2. The molecule has 1 aliphatic heterocycles. The fraction of sp³-hybridized carbons (Fsp3) is 1.00. The van der Waals surface area contributed by atoms with Crippen LogP contribution in [0.3, 0.4) is 0 Å². The number of likely N-dealkylation sites (tertiary alicyclic amines) is 1. The molecular formula is C7H14F2N2. The smallest absolute Gasteiger partial charge is 0.264 e. The summed E-state index contributed by atoms with van der Waals surface area (Å²) in [6.45, 7) is 0.688. The summed E-state index contributed by atoms with van der Waals surface area (Å²) in [5, 5.41) is 0. The Bertz CT molecular complexity index is 138. The van der Waals surface area contributed by atoms with Crippen molar-refractivity contribution < 1.29 is 8.78 Å².